The van der Waals surface area contributed by atoms with Crippen LogP contribution in [0.2, 0.25) is 0 Å². The Morgan fingerprint density at radius 3 is 2.93 bits per heavy atom. The van der Waals surface area contributed by atoms with Gasteiger partial charge in [0.05, 0.1) is 12.3 Å². The molecule has 0 bridgehead atoms. The number of carbonyl (C=O) groups excluding carboxylic acids is 2. The zero-order valence-corrected chi connectivity index (χ0v) is 15.9. The van der Waals surface area contributed by atoms with Crippen LogP contribution in [-0.2, 0) is 16.0 Å². The molecule has 1 atom stereocenters. The Morgan fingerprint density at radius 1 is 1.33 bits per heavy atom. The number of nitrogens with one attached hydrogen (secondary N) is 1. The first-order chi connectivity index (χ1) is 13.2. The molecule has 0 unspecified atom stereocenters. The summed E-state index contributed by atoms with van der Waals surface area (Å²) in [4.78, 5) is 40.7. The molecule has 0 radical (unpaired) electrons. The number of aromatic nitrogens is 3. The number of nitrogens with zero attached hydrogens (tertiary/aromatic N) is 4. The summed E-state index contributed by atoms with van der Waals surface area (Å²) in [6, 6.07) is 1.71. The van der Waals surface area contributed by atoms with E-state index in [2.05, 4.69) is 25.2 Å². The molecule has 27 heavy (non-hydrogen) atoms. The SMILES string of the molecule is CCOC(=O)[C@H]1CCc2sc(NC(=O)c3cc(N4CCCC4)ncn3)nc21. The Kier molecular flexibility index (Phi) is 5.02. The second kappa shape index (κ2) is 7.59. The molecule has 2 aromatic rings. The molecule has 1 N–H and O–H groups in total. The predicted molar refractivity (Wildman–Crippen MR) is 101 cm³/mol. The quantitative estimate of drug-likeness (QED) is 0.787. The molecule has 9 heteroatoms. The van der Waals surface area contributed by atoms with Crippen LogP contribution in [0.1, 0.15) is 53.2 Å². The summed E-state index contributed by atoms with van der Waals surface area (Å²) >= 11 is 1.41. The van der Waals surface area contributed by atoms with Crippen LogP contribution in [0.25, 0.3) is 0 Å². The molecular weight excluding hydrogens is 366 g/mol. The second-order valence-electron chi connectivity index (χ2n) is 6.58. The number of aryl methyl sites for hydroxylation is 1. The topological polar surface area (TPSA) is 97.3 Å². The molecule has 1 saturated heterocycles. The van der Waals surface area contributed by atoms with Gasteiger partial charge in [0.15, 0.2) is 5.13 Å². The molecule has 0 aromatic carbocycles. The Morgan fingerprint density at radius 2 is 2.15 bits per heavy atom. The summed E-state index contributed by atoms with van der Waals surface area (Å²) in [6.07, 6.45) is 5.18. The lowest BCUT2D eigenvalue weighted by Crippen LogP contribution is -2.21. The molecule has 1 aliphatic carbocycles. The highest BCUT2D eigenvalue weighted by molar-refractivity contribution is 7.16. The molecule has 2 aromatic heterocycles. The molecule has 1 aliphatic heterocycles. The molecule has 4 rings (SSSR count). The monoisotopic (exact) mass is 387 g/mol. The summed E-state index contributed by atoms with van der Waals surface area (Å²) in [5, 5.41) is 3.29. The average Bonchev–Trinajstić information content (AvgIpc) is 3.39. The van der Waals surface area contributed by atoms with Crippen molar-refractivity contribution in [1.82, 2.24) is 15.0 Å². The highest BCUT2D eigenvalue weighted by atomic mass is 32.1. The number of fused-ring (bicyclic) bond motifs is 1. The van der Waals surface area contributed by atoms with E-state index in [4.69, 9.17) is 4.74 Å². The fourth-order valence-corrected chi connectivity index (χ4v) is 4.54. The first-order valence-corrected chi connectivity index (χ1v) is 10.0. The van der Waals surface area contributed by atoms with E-state index >= 15 is 0 Å². The van der Waals surface area contributed by atoms with E-state index in [1.807, 2.05) is 0 Å². The summed E-state index contributed by atoms with van der Waals surface area (Å²) in [5.41, 5.74) is 1.04. The van der Waals surface area contributed by atoms with Gasteiger partial charge in [-0.25, -0.2) is 15.0 Å². The summed E-state index contributed by atoms with van der Waals surface area (Å²) in [7, 11) is 0. The van der Waals surface area contributed by atoms with Crippen molar-refractivity contribution in [1.29, 1.82) is 0 Å². The van der Waals surface area contributed by atoms with Gasteiger partial charge in [0.2, 0.25) is 0 Å². The molecular formula is C18H21N5O3S. The van der Waals surface area contributed by atoms with Gasteiger partial charge in [-0.3, -0.25) is 14.9 Å². The molecule has 2 aliphatic rings. The van der Waals surface area contributed by atoms with Crippen LogP contribution in [0, 0.1) is 0 Å². The number of ether oxygens (including phenoxy) is 1. The first kappa shape index (κ1) is 17.8. The molecule has 1 fully saturated rings. The van der Waals surface area contributed by atoms with Crippen molar-refractivity contribution < 1.29 is 14.3 Å². The van der Waals surface area contributed by atoms with Gasteiger partial charge in [-0.2, -0.15) is 0 Å². The van der Waals surface area contributed by atoms with Crippen LogP contribution in [0.5, 0.6) is 0 Å². The maximum atomic E-state index is 12.6. The number of anilines is 2. The molecule has 1 amide bonds. The standard InChI is InChI=1S/C18H21N5O3S/c1-2-26-17(25)11-5-6-13-15(11)21-18(27-13)22-16(24)12-9-14(20-10-19-12)23-7-3-4-8-23/h9-11H,2-8H2,1H3,(H,21,22,24)/t11-/m0/s1. The summed E-state index contributed by atoms with van der Waals surface area (Å²) in [5.74, 6) is -0.122. The highest BCUT2D eigenvalue weighted by Gasteiger charge is 2.34. The van der Waals surface area contributed by atoms with Gasteiger partial charge < -0.3 is 9.64 Å². The molecule has 8 nitrogen and oxygen atoms in total. The molecule has 142 valence electrons. The van der Waals surface area contributed by atoms with E-state index in [1.54, 1.807) is 13.0 Å². The van der Waals surface area contributed by atoms with Crippen LogP contribution >= 0.6 is 11.3 Å². The largest absolute Gasteiger partial charge is 0.465 e. The maximum absolute atomic E-state index is 12.6. The van der Waals surface area contributed by atoms with E-state index in [-0.39, 0.29) is 17.8 Å². The van der Waals surface area contributed by atoms with Crippen molar-refractivity contribution in [2.45, 2.75) is 38.5 Å². The lowest BCUT2D eigenvalue weighted by molar-refractivity contribution is -0.145. The predicted octanol–water partition coefficient (Wildman–Crippen LogP) is 2.38. The lowest BCUT2D eigenvalue weighted by Gasteiger charge is -2.16. The van der Waals surface area contributed by atoms with E-state index in [0.29, 0.717) is 23.9 Å². The molecule has 0 spiro atoms. The minimum Gasteiger partial charge on any atom is -0.465 e. The highest BCUT2D eigenvalue weighted by Crippen LogP contribution is 2.39. The summed E-state index contributed by atoms with van der Waals surface area (Å²) in [6.45, 7) is 4.04. The Labute approximate surface area is 161 Å². The van der Waals surface area contributed by atoms with Gasteiger partial charge in [-0.15, -0.1) is 11.3 Å². The lowest BCUT2D eigenvalue weighted by atomic mass is 10.1. The Hall–Kier alpha value is -2.55. The van der Waals surface area contributed by atoms with Crippen molar-refractivity contribution in [2.24, 2.45) is 0 Å². The van der Waals surface area contributed by atoms with Gasteiger partial charge >= 0.3 is 5.97 Å². The third kappa shape index (κ3) is 3.64. The number of hydrogen-bond acceptors (Lipinski definition) is 8. The van der Waals surface area contributed by atoms with Crippen LogP contribution in [0.4, 0.5) is 10.9 Å². The van der Waals surface area contributed by atoms with Crippen molar-refractivity contribution >= 4 is 34.2 Å². The van der Waals surface area contributed by atoms with Gasteiger partial charge in [0, 0.05) is 24.0 Å². The van der Waals surface area contributed by atoms with Gasteiger partial charge in [0.1, 0.15) is 23.8 Å². The third-order valence-corrected chi connectivity index (χ3v) is 5.87. The smallest absolute Gasteiger partial charge is 0.315 e. The van der Waals surface area contributed by atoms with Gasteiger partial charge in [-0.05, 0) is 32.6 Å². The number of hydrogen-bond donors (Lipinski definition) is 1. The van der Waals surface area contributed by atoms with Crippen molar-refractivity contribution in [2.75, 3.05) is 29.9 Å². The Balaban J connectivity index is 1.47. The first-order valence-electron chi connectivity index (χ1n) is 9.20. The van der Waals surface area contributed by atoms with Crippen LogP contribution in [0.15, 0.2) is 12.4 Å². The zero-order chi connectivity index (χ0) is 18.8. The fourth-order valence-electron chi connectivity index (χ4n) is 3.50. The van der Waals surface area contributed by atoms with Crippen molar-refractivity contribution in [3.05, 3.63) is 28.7 Å². The molecule has 0 saturated carbocycles. The second-order valence-corrected chi connectivity index (χ2v) is 7.66. The van der Waals surface area contributed by atoms with Crippen LogP contribution in [0.3, 0.4) is 0 Å². The fraction of sp³-hybridized carbons (Fsp3) is 0.500. The minimum absolute atomic E-state index is 0.245. The Bertz CT molecular complexity index is 862. The van der Waals surface area contributed by atoms with Gasteiger partial charge in [0.25, 0.3) is 5.91 Å². The summed E-state index contributed by atoms with van der Waals surface area (Å²) < 4.78 is 5.12. The van der Waals surface area contributed by atoms with Crippen molar-refractivity contribution in [3.8, 4) is 0 Å². The van der Waals surface area contributed by atoms with E-state index < -0.39 is 0 Å². The van der Waals surface area contributed by atoms with Crippen molar-refractivity contribution in [3.63, 3.8) is 0 Å². The van der Waals surface area contributed by atoms with E-state index in [1.165, 1.54) is 17.7 Å². The van der Waals surface area contributed by atoms with Gasteiger partial charge in [-0.1, -0.05) is 0 Å². The van der Waals surface area contributed by atoms with E-state index in [0.717, 1.165) is 48.7 Å². The minimum atomic E-state index is -0.331. The number of carbonyl (C=O) groups is 2. The molecule has 3 heterocycles. The van der Waals surface area contributed by atoms with Crippen LogP contribution < -0.4 is 10.2 Å². The number of amides is 1. The number of rotatable bonds is 5. The number of esters is 1. The maximum Gasteiger partial charge on any atom is 0.315 e. The van der Waals surface area contributed by atoms with E-state index in [9.17, 15) is 9.59 Å². The average molecular weight is 387 g/mol. The number of thiazole rings is 1. The third-order valence-electron chi connectivity index (χ3n) is 4.82. The normalized spacial score (nSPS) is 18.4. The van der Waals surface area contributed by atoms with Crippen LogP contribution in [-0.4, -0.2) is 46.5 Å². The zero-order valence-electron chi connectivity index (χ0n) is 15.1.